The molecular formula is C29H36N6O3. The van der Waals surface area contributed by atoms with E-state index in [9.17, 15) is 0 Å². The highest BCUT2D eigenvalue weighted by atomic mass is 16.5. The van der Waals surface area contributed by atoms with Gasteiger partial charge in [0.1, 0.15) is 24.8 Å². The van der Waals surface area contributed by atoms with Gasteiger partial charge in [0.2, 0.25) is 5.95 Å². The van der Waals surface area contributed by atoms with Crippen LogP contribution in [0.2, 0.25) is 0 Å². The van der Waals surface area contributed by atoms with Crippen molar-refractivity contribution in [3.05, 3.63) is 59.7 Å². The number of anilines is 3. The van der Waals surface area contributed by atoms with Crippen molar-refractivity contribution >= 4 is 23.8 Å². The zero-order chi connectivity index (χ0) is 26.2. The number of rotatable bonds is 11. The number of hydrogen-bond acceptors (Lipinski definition) is 9. The van der Waals surface area contributed by atoms with Crippen molar-refractivity contribution < 1.29 is 14.2 Å². The van der Waals surface area contributed by atoms with Crippen molar-refractivity contribution in [2.45, 2.75) is 32.6 Å². The highest BCUT2D eigenvalue weighted by Gasteiger charge is 2.20. The van der Waals surface area contributed by atoms with Gasteiger partial charge in [-0.1, -0.05) is 12.1 Å². The zero-order valence-corrected chi connectivity index (χ0v) is 22.2. The molecule has 0 bridgehead atoms. The molecule has 2 aliphatic rings. The molecule has 2 saturated heterocycles. The van der Waals surface area contributed by atoms with Crippen LogP contribution in [0.25, 0.3) is 0 Å². The Hall–Kier alpha value is -4.01. The maximum absolute atomic E-state index is 5.90. The van der Waals surface area contributed by atoms with Crippen LogP contribution in [0.1, 0.15) is 36.8 Å². The van der Waals surface area contributed by atoms with Crippen LogP contribution in [0.3, 0.4) is 0 Å². The largest absolute Gasteiger partial charge is 0.493 e. The molecule has 0 atom stereocenters. The number of aromatic nitrogens is 2. The van der Waals surface area contributed by atoms with Crippen molar-refractivity contribution in [3.8, 4) is 17.2 Å². The van der Waals surface area contributed by atoms with E-state index >= 15 is 0 Å². The Morgan fingerprint density at radius 3 is 2.39 bits per heavy atom. The fourth-order valence-corrected chi connectivity index (χ4v) is 4.72. The van der Waals surface area contributed by atoms with Gasteiger partial charge in [-0.05, 0) is 74.1 Å². The molecule has 0 amide bonds. The molecule has 1 N–H and O–H groups in total. The smallest absolute Gasteiger partial charge is 0.229 e. The van der Waals surface area contributed by atoms with Gasteiger partial charge in [0.05, 0.1) is 13.3 Å². The zero-order valence-electron chi connectivity index (χ0n) is 22.2. The molecule has 200 valence electrons. The first-order valence-electron chi connectivity index (χ1n) is 13.4. The Bertz CT molecular complexity index is 1200. The molecule has 2 fully saturated rings. The summed E-state index contributed by atoms with van der Waals surface area (Å²) in [6.45, 7) is 6.96. The minimum atomic E-state index is 0.408. The highest BCUT2D eigenvalue weighted by molar-refractivity contribution is 5.81. The normalized spacial score (nSPS) is 15.3. The summed E-state index contributed by atoms with van der Waals surface area (Å²) in [7, 11) is 1.63. The van der Waals surface area contributed by atoms with E-state index in [-0.39, 0.29) is 0 Å². The topological polar surface area (TPSA) is 84.3 Å². The van der Waals surface area contributed by atoms with Crippen LogP contribution in [-0.4, -0.2) is 62.7 Å². The predicted molar refractivity (Wildman–Crippen MR) is 151 cm³/mol. The second-order valence-electron chi connectivity index (χ2n) is 9.59. The van der Waals surface area contributed by atoms with E-state index in [1.165, 1.54) is 25.7 Å². The Balaban J connectivity index is 1.20. The van der Waals surface area contributed by atoms with Crippen molar-refractivity contribution in [1.82, 2.24) is 9.97 Å². The third-order valence-electron chi connectivity index (χ3n) is 6.70. The van der Waals surface area contributed by atoms with E-state index in [1.54, 1.807) is 13.3 Å². The van der Waals surface area contributed by atoms with E-state index < -0.39 is 0 Å². The summed E-state index contributed by atoms with van der Waals surface area (Å²) in [5.74, 6) is 4.57. The number of nitrogens with zero attached hydrogens (tertiary/aromatic N) is 5. The van der Waals surface area contributed by atoms with Crippen LogP contribution in [0, 0.1) is 6.92 Å². The molecule has 38 heavy (non-hydrogen) atoms. The van der Waals surface area contributed by atoms with Crippen LogP contribution in [0.4, 0.5) is 17.6 Å². The molecule has 3 aromatic rings. The summed E-state index contributed by atoms with van der Waals surface area (Å²) in [4.78, 5) is 14.2. The van der Waals surface area contributed by atoms with E-state index in [0.717, 1.165) is 54.8 Å². The molecule has 9 heteroatoms. The number of aryl methyl sites for hydroxylation is 1. The summed E-state index contributed by atoms with van der Waals surface area (Å²) < 4.78 is 17.2. The molecule has 0 spiro atoms. The lowest BCUT2D eigenvalue weighted by Gasteiger charge is -2.21. The Kier molecular flexibility index (Phi) is 8.42. The van der Waals surface area contributed by atoms with Gasteiger partial charge in [-0.25, -0.2) is 0 Å². The van der Waals surface area contributed by atoms with Gasteiger partial charge in [-0.2, -0.15) is 15.1 Å². The Labute approximate surface area is 224 Å². The second-order valence-corrected chi connectivity index (χ2v) is 9.59. The molecule has 2 aliphatic heterocycles. The van der Waals surface area contributed by atoms with E-state index in [0.29, 0.717) is 30.5 Å². The molecule has 9 nitrogen and oxygen atoms in total. The lowest BCUT2D eigenvalue weighted by atomic mass is 10.2. The molecule has 0 radical (unpaired) electrons. The SMILES string of the molecule is COc1cc(/C=N\Nc2cc(N3CCCC3)nc(N3CCCC3)n2)ccc1OCCOc1cccc(C)c1. The summed E-state index contributed by atoms with van der Waals surface area (Å²) in [6, 6.07) is 15.7. The Morgan fingerprint density at radius 1 is 0.868 bits per heavy atom. The van der Waals surface area contributed by atoms with Crippen molar-refractivity contribution in [3.63, 3.8) is 0 Å². The minimum absolute atomic E-state index is 0.408. The van der Waals surface area contributed by atoms with Gasteiger partial charge in [0.25, 0.3) is 0 Å². The van der Waals surface area contributed by atoms with Gasteiger partial charge in [0.15, 0.2) is 17.3 Å². The molecule has 1 aromatic heterocycles. The van der Waals surface area contributed by atoms with Crippen LogP contribution in [0.5, 0.6) is 17.2 Å². The highest BCUT2D eigenvalue weighted by Crippen LogP contribution is 2.28. The number of nitrogens with one attached hydrogen (secondary N) is 1. The standard InChI is InChI=1S/C29H36N6O3/c1-22-8-7-9-24(18-22)37-16-17-38-25-11-10-23(19-26(25)36-2)21-30-33-27-20-28(34-12-3-4-13-34)32-29(31-27)35-14-5-6-15-35/h7-11,18-21H,3-6,12-17H2,1-2H3,(H,31,32,33)/b30-21-. The van der Waals surface area contributed by atoms with E-state index in [2.05, 4.69) is 20.3 Å². The van der Waals surface area contributed by atoms with Gasteiger partial charge in [0, 0.05) is 32.2 Å². The van der Waals surface area contributed by atoms with Gasteiger partial charge in [-0.15, -0.1) is 0 Å². The molecule has 5 rings (SSSR count). The van der Waals surface area contributed by atoms with Crippen molar-refractivity contribution in [2.24, 2.45) is 5.10 Å². The number of methoxy groups -OCH3 is 1. The number of ether oxygens (including phenoxy) is 3. The first-order chi connectivity index (χ1) is 18.7. The lowest BCUT2D eigenvalue weighted by Crippen LogP contribution is -2.24. The van der Waals surface area contributed by atoms with Gasteiger partial charge in [-0.3, -0.25) is 5.43 Å². The summed E-state index contributed by atoms with van der Waals surface area (Å²) in [5.41, 5.74) is 5.15. The third-order valence-corrected chi connectivity index (χ3v) is 6.70. The van der Waals surface area contributed by atoms with Crippen LogP contribution >= 0.6 is 0 Å². The first kappa shape index (κ1) is 25.6. The average Bonchev–Trinajstić information content (AvgIpc) is 3.67. The number of hydrazone groups is 1. The first-order valence-corrected chi connectivity index (χ1v) is 13.4. The third kappa shape index (κ3) is 6.65. The fraction of sp³-hybridized carbons (Fsp3) is 0.414. The summed E-state index contributed by atoms with van der Waals surface area (Å²) in [5, 5.41) is 4.45. The monoisotopic (exact) mass is 516 g/mol. The number of benzene rings is 2. The molecule has 3 heterocycles. The quantitative estimate of drug-likeness (QED) is 0.219. The van der Waals surface area contributed by atoms with E-state index in [4.69, 9.17) is 24.2 Å². The molecule has 0 saturated carbocycles. The fourth-order valence-electron chi connectivity index (χ4n) is 4.72. The molecule has 2 aromatic carbocycles. The predicted octanol–water partition coefficient (Wildman–Crippen LogP) is 4.90. The van der Waals surface area contributed by atoms with Crippen LogP contribution < -0.4 is 29.4 Å². The summed E-state index contributed by atoms with van der Waals surface area (Å²) in [6.07, 6.45) is 6.51. The second kappa shape index (κ2) is 12.5. The van der Waals surface area contributed by atoms with Crippen molar-refractivity contribution in [1.29, 1.82) is 0 Å². The average molecular weight is 517 g/mol. The summed E-state index contributed by atoms with van der Waals surface area (Å²) >= 11 is 0. The van der Waals surface area contributed by atoms with Crippen molar-refractivity contribution in [2.75, 3.05) is 61.7 Å². The van der Waals surface area contributed by atoms with Gasteiger partial charge >= 0.3 is 0 Å². The molecule has 0 aliphatic carbocycles. The maximum atomic E-state index is 5.90. The molecular weight excluding hydrogens is 480 g/mol. The van der Waals surface area contributed by atoms with Gasteiger partial charge < -0.3 is 24.0 Å². The Morgan fingerprint density at radius 2 is 1.63 bits per heavy atom. The van der Waals surface area contributed by atoms with Crippen LogP contribution in [-0.2, 0) is 0 Å². The van der Waals surface area contributed by atoms with Crippen LogP contribution in [0.15, 0.2) is 53.6 Å². The molecule has 0 unspecified atom stereocenters. The lowest BCUT2D eigenvalue weighted by molar-refractivity contribution is 0.211. The minimum Gasteiger partial charge on any atom is -0.493 e. The van der Waals surface area contributed by atoms with E-state index in [1.807, 2.05) is 55.5 Å². The maximum Gasteiger partial charge on any atom is 0.229 e. The number of hydrogen-bond donors (Lipinski definition) is 1.